The van der Waals surface area contributed by atoms with E-state index in [0.717, 1.165) is 35.9 Å². The van der Waals surface area contributed by atoms with Crippen molar-refractivity contribution in [2.75, 3.05) is 13.6 Å². The van der Waals surface area contributed by atoms with Gasteiger partial charge in [-0.2, -0.15) is 0 Å². The summed E-state index contributed by atoms with van der Waals surface area (Å²) in [6.45, 7) is 3.67. The van der Waals surface area contributed by atoms with Crippen LogP contribution in [0, 0.1) is 6.92 Å². The number of ether oxygens (including phenoxy) is 1. The molecule has 0 radical (unpaired) electrons. The molecule has 0 saturated carbocycles. The lowest BCUT2D eigenvalue weighted by atomic mass is 10.1. The van der Waals surface area contributed by atoms with Crippen LogP contribution in [-0.4, -0.2) is 23.5 Å². The average Bonchev–Trinajstić information content (AvgIpc) is 2.80. The van der Waals surface area contributed by atoms with Crippen LogP contribution in [0.2, 0.25) is 0 Å². The predicted molar refractivity (Wildman–Crippen MR) is 67.4 cm³/mol. The summed E-state index contributed by atoms with van der Waals surface area (Å²) in [5, 5.41) is 0. The summed E-state index contributed by atoms with van der Waals surface area (Å²) >= 11 is 0. The minimum absolute atomic E-state index is 0.0157. The third kappa shape index (κ3) is 2.11. The van der Waals surface area contributed by atoms with Crippen LogP contribution in [0.15, 0.2) is 35.1 Å². The maximum atomic E-state index is 6.00. The van der Waals surface area contributed by atoms with Crippen molar-refractivity contribution >= 4 is 0 Å². The van der Waals surface area contributed by atoms with Gasteiger partial charge < -0.3 is 9.15 Å². The summed E-state index contributed by atoms with van der Waals surface area (Å²) in [7, 11) is 2.06. The van der Waals surface area contributed by atoms with Crippen LogP contribution in [-0.2, 0) is 6.54 Å². The van der Waals surface area contributed by atoms with Gasteiger partial charge >= 0.3 is 0 Å². The van der Waals surface area contributed by atoms with Gasteiger partial charge in [-0.15, -0.1) is 0 Å². The zero-order valence-electron chi connectivity index (χ0n) is 10.6. The highest BCUT2D eigenvalue weighted by atomic mass is 16.5. The first-order chi connectivity index (χ1) is 8.72. The van der Waals surface area contributed by atoms with E-state index in [1.54, 1.807) is 12.5 Å². The molecular formula is C14H16N2O2. The molecule has 2 aromatic heterocycles. The quantitative estimate of drug-likeness (QED) is 0.813. The number of pyridine rings is 1. The van der Waals surface area contributed by atoms with Crippen LogP contribution >= 0.6 is 0 Å². The Balaban J connectivity index is 1.83. The second-order valence-electron chi connectivity index (χ2n) is 4.74. The number of hydrogen-bond acceptors (Lipinski definition) is 4. The Morgan fingerprint density at radius 1 is 1.39 bits per heavy atom. The summed E-state index contributed by atoms with van der Waals surface area (Å²) < 4.78 is 11.5. The first-order valence-electron chi connectivity index (χ1n) is 6.06. The van der Waals surface area contributed by atoms with Gasteiger partial charge in [-0.05, 0) is 32.2 Å². The molecule has 4 nitrogen and oxygen atoms in total. The standard InChI is InChI=1S/C14H16N2O2/c1-10-3-4-11(7-15-10)18-14-9-16(2)8-13-12(14)5-6-17-13/h3-7,14H,8-9H2,1-2H3. The van der Waals surface area contributed by atoms with Crippen molar-refractivity contribution in [1.29, 1.82) is 0 Å². The lowest BCUT2D eigenvalue weighted by Crippen LogP contribution is -2.32. The molecule has 94 valence electrons. The highest BCUT2D eigenvalue weighted by Crippen LogP contribution is 2.30. The lowest BCUT2D eigenvalue weighted by molar-refractivity contribution is 0.119. The fourth-order valence-corrected chi connectivity index (χ4v) is 2.25. The molecule has 1 aliphatic heterocycles. The van der Waals surface area contributed by atoms with Crippen molar-refractivity contribution in [2.24, 2.45) is 0 Å². The lowest BCUT2D eigenvalue weighted by Gasteiger charge is -2.29. The van der Waals surface area contributed by atoms with Crippen LogP contribution in [0.3, 0.4) is 0 Å². The Bertz CT molecular complexity index is 533. The second kappa shape index (κ2) is 4.46. The number of nitrogens with zero attached hydrogens (tertiary/aromatic N) is 2. The molecule has 1 atom stereocenters. The first-order valence-corrected chi connectivity index (χ1v) is 6.06. The Kier molecular flexibility index (Phi) is 2.80. The van der Waals surface area contributed by atoms with E-state index in [4.69, 9.17) is 9.15 Å². The molecule has 0 saturated heterocycles. The van der Waals surface area contributed by atoms with E-state index >= 15 is 0 Å². The Hall–Kier alpha value is -1.81. The number of aromatic nitrogens is 1. The molecule has 3 rings (SSSR count). The van der Waals surface area contributed by atoms with Gasteiger partial charge in [0.2, 0.25) is 0 Å². The van der Waals surface area contributed by atoms with E-state index in [9.17, 15) is 0 Å². The molecule has 0 N–H and O–H groups in total. The van der Waals surface area contributed by atoms with E-state index in [1.165, 1.54) is 0 Å². The maximum absolute atomic E-state index is 6.00. The molecule has 0 spiro atoms. The minimum atomic E-state index is 0.0157. The van der Waals surface area contributed by atoms with Gasteiger partial charge in [0.05, 0.1) is 19.0 Å². The van der Waals surface area contributed by atoms with Crippen LogP contribution in [0.5, 0.6) is 5.75 Å². The van der Waals surface area contributed by atoms with Gasteiger partial charge in [0.15, 0.2) is 0 Å². The number of fused-ring (bicyclic) bond motifs is 1. The van der Waals surface area contributed by atoms with Gasteiger partial charge in [-0.1, -0.05) is 0 Å². The zero-order valence-corrected chi connectivity index (χ0v) is 10.6. The zero-order chi connectivity index (χ0) is 12.5. The van der Waals surface area contributed by atoms with Gasteiger partial charge in [-0.3, -0.25) is 9.88 Å². The topological polar surface area (TPSA) is 38.5 Å². The van der Waals surface area contributed by atoms with Gasteiger partial charge in [-0.25, -0.2) is 0 Å². The number of rotatable bonds is 2. The van der Waals surface area contributed by atoms with Crippen molar-refractivity contribution in [3.8, 4) is 5.75 Å². The number of likely N-dealkylation sites (N-methyl/N-ethyl adjacent to an activating group) is 1. The predicted octanol–water partition coefficient (Wildman–Crippen LogP) is 2.55. The summed E-state index contributed by atoms with van der Waals surface area (Å²) in [4.78, 5) is 6.44. The summed E-state index contributed by atoms with van der Waals surface area (Å²) in [6, 6.07) is 5.91. The Morgan fingerprint density at radius 2 is 2.28 bits per heavy atom. The molecule has 0 fully saturated rings. The van der Waals surface area contributed by atoms with Crippen molar-refractivity contribution in [3.05, 3.63) is 47.7 Å². The molecule has 0 aromatic carbocycles. The minimum Gasteiger partial charge on any atom is -0.483 e. The van der Waals surface area contributed by atoms with Crippen molar-refractivity contribution < 1.29 is 9.15 Å². The van der Waals surface area contributed by atoms with Crippen LogP contribution < -0.4 is 4.74 Å². The summed E-state index contributed by atoms with van der Waals surface area (Å²) in [6.07, 6.45) is 3.51. The van der Waals surface area contributed by atoms with E-state index in [1.807, 2.05) is 25.1 Å². The van der Waals surface area contributed by atoms with Gasteiger partial charge in [0, 0.05) is 17.8 Å². The van der Waals surface area contributed by atoms with Crippen LogP contribution in [0.1, 0.15) is 23.1 Å². The molecule has 0 bridgehead atoms. The third-order valence-corrected chi connectivity index (χ3v) is 3.18. The second-order valence-corrected chi connectivity index (χ2v) is 4.74. The van der Waals surface area contributed by atoms with Crippen molar-refractivity contribution in [2.45, 2.75) is 19.6 Å². The maximum Gasteiger partial charge on any atom is 0.140 e. The van der Waals surface area contributed by atoms with Gasteiger partial charge in [0.25, 0.3) is 0 Å². The average molecular weight is 244 g/mol. The molecule has 3 heterocycles. The molecule has 0 amide bonds. The molecule has 4 heteroatoms. The van der Waals surface area contributed by atoms with Crippen molar-refractivity contribution in [3.63, 3.8) is 0 Å². The van der Waals surface area contributed by atoms with Crippen LogP contribution in [0.25, 0.3) is 0 Å². The summed E-state index contributed by atoms with van der Waals surface area (Å²) in [5.74, 6) is 1.79. The van der Waals surface area contributed by atoms with E-state index in [0.29, 0.717) is 0 Å². The highest BCUT2D eigenvalue weighted by molar-refractivity contribution is 5.26. The largest absolute Gasteiger partial charge is 0.483 e. The van der Waals surface area contributed by atoms with E-state index in [2.05, 4.69) is 16.9 Å². The molecular weight excluding hydrogens is 228 g/mol. The highest BCUT2D eigenvalue weighted by Gasteiger charge is 2.27. The fraction of sp³-hybridized carbons (Fsp3) is 0.357. The SMILES string of the molecule is Cc1ccc(OC2CN(C)Cc3occc32)cn1. The van der Waals surface area contributed by atoms with Crippen LogP contribution in [0.4, 0.5) is 0 Å². The molecule has 2 aromatic rings. The fourth-order valence-electron chi connectivity index (χ4n) is 2.25. The number of furan rings is 1. The molecule has 1 aliphatic rings. The Morgan fingerprint density at radius 3 is 3.06 bits per heavy atom. The monoisotopic (exact) mass is 244 g/mol. The number of hydrogen-bond donors (Lipinski definition) is 0. The smallest absolute Gasteiger partial charge is 0.140 e. The summed E-state index contributed by atoms with van der Waals surface area (Å²) in [5.41, 5.74) is 2.14. The molecule has 0 aliphatic carbocycles. The normalized spacial score (nSPS) is 19.6. The molecule has 18 heavy (non-hydrogen) atoms. The van der Waals surface area contributed by atoms with E-state index in [-0.39, 0.29) is 6.10 Å². The first kappa shape index (κ1) is 11.3. The third-order valence-electron chi connectivity index (χ3n) is 3.18. The molecule has 1 unspecified atom stereocenters. The Labute approximate surface area is 106 Å². The van der Waals surface area contributed by atoms with Crippen molar-refractivity contribution in [1.82, 2.24) is 9.88 Å². The van der Waals surface area contributed by atoms with E-state index < -0.39 is 0 Å². The van der Waals surface area contributed by atoms with Gasteiger partial charge in [0.1, 0.15) is 17.6 Å². The number of aryl methyl sites for hydroxylation is 1.